The molecule has 0 aliphatic rings. The fraction of sp³-hybridized carbons (Fsp3) is 0.400. The zero-order valence-electron chi connectivity index (χ0n) is 11.4. The zero-order valence-corrected chi connectivity index (χ0v) is 11.4. The fourth-order valence-corrected chi connectivity index (χ4v) is 1.79. The van der Waals surface area contributed by atoms with Crippen LogP contribution in [0.3, 0.4) is 0 Å². The number of rotatable bonds is 4. The second-order valence-corrected chi connectivity index (χ2v) is 4.79. The van der Waals surface area contributed by atoms with Crippen molar-refractivity contribution in [3.8, 4) is 0 Å². The van der Waals surface area contributed by atoms with Crippen LogP contribution in [0.1, 0.15) is 42.6 Å². The highest BCUT2D eigenvalue weighted by molar-refractivity contribution is 5.94. The van der Waals surface area contributed by atoms with Gasteiger partial charge >= 0.3 is 0 Å². The van der Waals surface area contributed by atoms with E-state index in [1.807, 2.05) is 39.2 Å². The van der Waals surface area contributed by atoms with Crippen LogP contribution < -0.4 is 4.90 Å². The minimum absolute atomic E-state index is 0.102. The Morgan fingerprint density at radius 2 is 1.88 bits per heavy atom. The second-order valence-electron chi connectivity index (χ2n) is 4.79. The molecular weight excluding hydrogens is 210 g/mol. The van der Waals surface area contributed by atoms with E-state index in [1.54, 1.807) is 6.92 Å². The molecule has 0 radical (unpaired) electrons. The Hall–Kier alpha value is -1.57. The molecule has 2 heteroatoms. The molecule has 0 aliphatic heterocycles. The average molecular weight is 231 g/mol. The number of benzene rings is 1. The molecule has 0 heterocycles. The zero-order chi connectivity index (χ0) is 13.2. The monoisotopic (exact) mass is 231 g/mol. The van der Waals surface area contributed by atoms with Crippen LogP contribution in [0.4, 0.5) is 5.69 Å². The third kappa shape index (κ3) is 2.96. The molecule has 1 aromatic carbocycles. The topological polar surface area (TPSA) is 20.3 Å². The molecule has 17 heavy (non-hydrogen) atoms. The highest BCUT2D eigenvalue weighted by Crippen LogP contribution is 2.31. The minimum atomic E-state index is 0.102. The number of Topliss-reactive ketones (excluding diaryl/α,β-unsaturated/α-hetero) is 1. The van der Waals surface area contributed by atoms with Crippen LogP contribution in [-0.2, 0) is 0 Å². The third-order valence-corrected chi connectivity index (χ3v) is 3.12. The number of allylic oxidation sites excluding steroid dienone is 1. The van der Waals surface area contributed by atoms with E-state index in [2.05, 4.69) is 18.4 Å². The molecule has 2 nitrogen and oxygen atoms in total. The van der Waals surface area contributed by atoms with Crippen LogP contribution in [0.15, 0.2) is 30.4 Å². The summed E-state index contributed by atoms with van der Waals surface area (Å²) in [6.45, 7) is 9.74. The van der Waals surface area contributed by atoms with E-state index in [4.69, 9.17) is 0 Å². The lowest BCUT2D eigenvalue weighted by Crippen LogP contribution is -2.13. The summed E-state index contributed by atoms with van der Waals surface area (Å²) < 4.78 is 0. The van der Waals surface area contributed by atoms with Crippen LogP contribution in [0.25, 0.3) is 0 Å². The molecule has 0 aliphatic carbocycles. The van der Waals surface area contributed by atoms with E-state index in [0.717, 1.165) is 22.4 Å². The molecule has 1 aromatic rings. The predicted octanol–water partition coefficient (Wildman–Crippen LogP) is 3.63. The van der Waals surface area contributed by atoms with Crippen molar-refractivity contribution in [2.75, 3.05) is 19.0 Å². The molecule has 0 amide bonds. The summed E-state index contributed by atoms with van der Waals surface area (Å²) in [7, 11) is 4.02. The van der Waals surface area contributed by atoms with Gasteiger partial charge in [0.05, 0.1) is 0 Å². The van der Waals surface area contributed by atoms with Gasteiger partial charge in [0.2, 0.25) is 0 Å². The Morgan fingerprint density at radius 1 is 1.29 bits per heavy atom. The number of carbonyl (C=O) groups is 1. The van der Waals surface area contributed by atoms with Crippen molar-refractivity contribution in [1.82, 2.24) is 0 Å². The normalized spacial score (nSPS) is 12.1. The van der Waals surface area contributed by atoms with E-state index in [-0.39, 0.29) is 11.7 Å². The molecule has 1 unspecified atom stereocenters. The number of nitrogens with zero attached hydrogens (tertiary/aromatic N) is 1. The maximum Gasteiger partial charge on any atom is 0.159 e. The molecule has 0 spiro atoms. The summed E-state index contributed by atoms with van der Waals surface area (Å²) in [4.78, 5) is 13.5. The quantitative estimate of drug-likeness (QED) is 0.582. The molecule has 0 N–H and O–H groups in total. The second kappa shape index (κ2) is 5.17. The first kappa shape index (κ1) is 13.5. The van der Waals surface area contributed by atoms with Gasteiger partial charge in [-0.15, -0.1) is 0 Å². The van der Waals surface area contributed by atoms with Crippen molar-refractivity contribution in [3.05, 3.63) is 41.5 Å². The number of ketones is 1. The summed E-state index contributed by atoms with van der Waals surface area (Å²) >= 11 is 0. The van der Waals surface area contributed by atoms with Gasteiger partial charge in [-0.1, -0.05) is 19.1 Å². The highest BCUT2D eigenvalue weighted by Gasteiger charge is 2.14. The maximum atomic E-state index is 11.4. The van der Waals surface area contributed by atoms with E-state index >= 15 is 0 Å². The third-order valence-electron chi connectivity index (χ3n) is 3.12. The lowest BCUT2D eigenvalue weighted by molar-refractivity contribution is 0.101. The summed E-state index contributed by atoms with van der Waals surface area (Å²) in [5.41, 5.74) is 4.17. The van der Waals surface area contributed by atoms with Gasteiger partial charge in [0.15, 0.2) is 5.78 Å². The van der Waals surface area contributed by atoms with Gasteiger partial charge in [0, 0.05) is 31.3 Å². The van der Waals surface area contributed by atoms with Gasteiger partial charge in [0.25, 0.3) is 0 Å². The Labute approximate surface area is 104 Å². The van der Waals surface area contributed by atoms with Crippen molar-refractivity contribution in [2.24, 2.45) is 0 Å². The number of hydrogen-bond donors (Lipinski definition) is 0. The molecule has 1 rings (SSSR count). The van der Waals surface area contributed by atoms with Crippen LogP contribution >= 0.6 is 0 Å². The lowest BCUT2D eigenvalue weighted by atomic mass is 9.91. The molecule has 92 valence electrons. The van der Waals surface area contributed by atoms with Crippen LogP contribution in [-0.4, -0.2) is 19.9 Å². The van der Waals surface area contributed by atoms with E-state index in [9.17, 15) is 4.79 Å². The maximum absolute atomic E-state index is 11.4. The summed E-state index contributed by atoms with van der Waals surface area (Å²) in [5.74, 6) is 0.358. The Morgan fingerprint density at radius 3 is 2.29 bits per heavy atom. The first-order chi connectivity index (χ1) is 7.84. The first-order valence-electron chi connectivity index (χ1n) is 5.82. The molecule has 0 saturated carbocycles. The van der Waals surface area contributed by atoms with Gasteiger partial charge in [-0.05, 0) is 37.6 Å². The molecular formula is C15H21NO. The smallest absolute Gasteiger partial charge is 0.159 e. The van der Waals surface area contributed by atoms with Crippen molar-refractivity contribution in [3.63, 3.8) is 0 Å². The van der Waals surface area contributed by atoms with Gasteiger partial charge in [-0.3, -0.25) is 4.79 Å². The van der Waals surface area contributed by atoms with Crippen molar-refractivity contribution >= 4 is 11.5 Å². The van der Waals surface area contributed by atoms with Gasteiger partial charge in [-0.25, -0.2) is 0 Å². The number of anilines is 1. The molecule has 0 aromatic heterocycles. The van der Waals surface area contributed by atoms with Gasteiger partial charge in [0.1, 0.15) is 0 Å². The molecule has 0 bridgehead atoms. The predicted molar refractivity (Wildman–Crippen MR) is 74.0 cm³/mol. The highest BCUT2D eigenvalue weighted by atomic mass is 16.1. The van der Waals surface area contributed by atoms with Crippen LogP contribution in [0, 0.1) is 0 Å². The minimum Gasteiger partial charge on any atom is -0.377 e. The van der Waals surface area contributed by atoms with Crippen molar-refractivity contribution < 1.29 is 4.79 Å². The number of hydrogen-bond acceptors (Lipinski definition) is 2. The Kier molecular flexibility index (Phi) is 4.11. The average Bonchev–Trinajstić information content (AvgIpc) is 2.26. The fourth-order valence-electron chi connectivity index (χ4n) is 1.79. The molecule has 1 atom stereocenters. The summed E-state index contributed by atoms with van der Waals surface area (Å²) in [6, 6.07) is 5.87. The van der Waals surface area contributed by atoms with E-state index in [0.29, 0.717) is 0 Å². The Bertz CT molecular complexity index is 446. The van der Waals surface area contributed by atoms with Gasteiger partial charge in [-0.2, -0.15) is 0 Å². The van der Waals surface area contributed by atoms with E-state index < -0.39 is 0 Å². The molecule has 0 fully saturated rings. The molecule has 0 saturated heterocycles. The van der Waals surface area contributed by atoms with Crippen molar-refractivity contribution in [1.29, 1.82) is 0 Å². The van der Waals surface area contributed by atoms with Crippen LogP contribution in [0.2, 0.25) is 0 Å². The largest absolute Gasteiger partial charge is 0.377 e. The standard InChI is InChI=1S/C15H21NO/c1-10(2)11(3)14-9-13(12(4)17)7-8-15(14)16(5)6/h7-9,11H,1H2,2-6H3. The SMILES string of the molecule is C=C(C)C(C)c1cc(C(C)=O)ccc1N(C)C. The van der Waals surface area contributed by atoms with Crippen LogP contribution in [0.5, 0.6) is 0 Å². The first-order valence-corrected chi connectivity index (χ1v) is 5.82. The summed E-state index contributed by atoms with van der Waals surface area (Å²) in [5, 5.41) is 0. The Balaban J connectivity index is 3.35. The van der Waals surface area contributed by atoms with Crippen molar-refractivity contribution in [2.45, 2.75) is 26.7 Å². The van der Waals surface area contributed by atoms with E-state index in [1.165, 1.54) is 0 Å². The lowest BCUT2D eigenvalue weighted by Gasteiger charge is -2.22. The number of carbonyl (C=O) groups excluding carboxylic acids is 1. The summed E-state index contributed by atoms with van der Waals surface area (Å²) in [6.07, 6.45) is 0. The van der Waals surface area contributed by atoms with Gasteiger partial charge < -0.3 is 4.90 Å².